The van der Waals surface area contributed by atoms with Crippen LogP contribution in [0.4, 0.5) is 0 Å². The van der Waals surface area contributed by atoms with Crippen LogP contribution in [0.15, 0.2) is 24.3 Å². The maximum Gasteiger partial charge on any atom is 0.0139 e. The molecule has 2 aliphatic carbocycles. The minimum absolute atomic E-state index is 0.383. The molecule has 1 heteroatoms. The number of rotatable bonds is 1. The van der Waals surface area contributed by atoms with Crippen LogP contribution in [0.5, 0.6) is 0 Å². The molecule has 3 rings (SSSR count). The topological polar surface area (TPSA) is 26.0 Å². The molecular formula is C13H17N. The molecule has 0 amide bonds. The maximum absolute atomic E-state index is 6.22. The van der Waals surface area contributed by atoms with E-state index < -0.39 is 0 Å². The van der Waals surface area contributed by atoms with Gasteiger partial charge in [0.1, 0.15) is 0 Å². The molecular weight excluding hydrogens is 170 g/mol. The number of nitrogens with two attached hydrogens (primary N) is 1. The van der Waals surface area contributed by atoms with E-state index in [4.69, 9.17) is 5.73 Å². The third-order valence-electron chi connectivity index (χ3n) is 4.23. The molecule has 0 radical (unpaired) electrons. The second kappa shape index (κ2) is 2.60. The highest BCUT2D eigenvalue weighted by molar-refractivity contribution is 5.39. The predicted molar refractivity (Wildman–Crippen MR) is 58.2 cm³/mol. The van der Waals surface area contributed by atoms with E-state index in [1.54, 1.807) is 0 Å². The van der Waals surface area contributed by atoms with Crippen LogP contribution in [0.3, 0.4) is 0 Å². The summed E-state index contributed by atoms with van der Waals surface area (Å²) in [5.41, 5.74) is 9.43. The van der Waals surface area contributed by atoms with Crippen molar-refractivity contribution in [3.63, 3.8) is 0 Å². The average molecular weight is 187 g/mol. The van der Waals surface area contributed by atoms with Crippen molar-refractivity contribution in [1.82, 2.24) is 0 Å². The standard InChI is InChI=1S/C13H17N/c1-9-2-4-10(5-3-9)13-8-11(13)6-7-12(13)14/h2-5,11-12H,6-8,14H2,1H3. The first-order chi connectivity index (χ1) is 6.73. The summed E-state index contributed by atoms with van der Waals surface area (Å²) in [6.45, 7) is 2.14. The van der Waals surface area contributed by atoms with Crippen molar-refractivity contribution >= 4 is 0 Å². The summed E-state index contributed by atoms with van der Waals surface area (Å²) >= 11 is 0. The smallest absolute Gasteiger partial charge is 0.0139 e. The zero-order chi connectivity index (χ0) is 9.76. The lowest BCUT2D eigenvalue weighted by atomic mass is 9.89. The summed E-state index contributed by atoms with van der Waals surface area (Å²) < 4.78 is 0. The van der Waals surface area contributed by atoms with Crippen LogP contribution in [0, 0.1) is 12.8 Å². The van der Waals surface area contributed by atoms with Gasteiger partial charge in [-0.05, 0) is 37.7 Å². The molecule has 1 aromatic carbocycles. The van der Waals surface area contributed by atoms with Crippen molar-refractivity contribution < 1.29 is 0 Å². The van der Waals surface area contributed by atoms with Gasteiger partial charge in [0.15, 0.2) is 0 Å². The van der Waals surface area contributed by atoms with Gasteiger partial charge in [0.05, 0.1) is 0 Å². The number of hydrogen-bond acceptors (Lipinski definition) is 1. The second-order valence-electron chi connectivity index (χ2n) is 4.99. The molecule has 2 N–H and O–H groups in total. The van der Waals surface area contributed by atoms with Crippen LogP contribution in [0.2, 0.25) is 0 Å². The molecule has 0 saturated heterocycles. The largest absolute Gasteiger partial charge is 0.327 e. The van der Waals surface area contributed by atoms with Gasteiger partial charge in [-0.2, -0.15) is 0 Å². The maximum atomic E-state index is 6.22. The fourth-order valence-corrected chi connectivity index (χ4v) is 3.23. The van der Waals surface area contributed by atoms with Crippen LogP contribution in [-0.4, -0.2) is 6.04 Å². The van der Waals surface area contributed by atoms with E-state index in [-0.39, 0.29) is 0 Å². The summed E-state index contributed by atoms with van der Waals surface area (Å²) in [5.74, 6) is 0.889. The first-order valence-electron chi connectivity index (χ1n) is 5.56. The molecule has 0 bridgehead atoms. The zero-order valence-electron chi connectivity index (χ0n) is 8.66. The van der Waals surface area contributed by atoms with E-state index >= 15 is 0 Å². The minimum atomic E-state index is 0.383. The summed E-state index contributed by atoms with van der Waals surface area (Å²) in [6.07, 6.45) is 3.89. The Bertz CT molecular complexity index is 354. The van der Waals surface area contributed by atoms with E-state index in [1.807, 2.05) is 0 Å². The number of benzene rings is 1. The van der Waals surface area contributed by atoms with Crippen LogP contribution in [0.1, 0.15) is 30.4 Å². The van der Waals surface area contributed by atoms with Gasteiger partial charge in [0.25, 0.3) is 0 Å². The molecule has 2 aliphatic rings. The van der Waals surface area contributed by atoms with Gasteiger partial charge in [0, 0.05) is 11.5 Å². The molecule has 1 aromatic rings. The molecule has 14 heavy (non-hydrogen) atoms. The van der Waals surface area contributed by atoms with Crippen LogP contribution < -0.4 is 5.73 Å². The van der Waals surface area contributed by atoms with Crippen LogP contribution in [0.25, 0.3) is 0 Å². The average Bonchev–Trinajstić information content (AvgIpc) is 2.84. The molecule has 0 aromatic heterocycles. The van der Waals surface area contributed by atoms with E-state index in [0.717, 1.165) is 5.92 Å². The number of fused-ring (bicyclic) bond motifs is 1. The predicted octanol–water partition coefficient (Wildman–Crippen LogP) is 2.37. The van der Waals surface area contributed by atoms with Crippen molar-refractivity contribution in [1.29, 1.82) is 0 Å². The molecule has 74 valence electrons. The van der Waals surface area contributed by atoms with Crippen molar-refractivity contribution in [2.24, 2.45) is 11.7 Å². The SMILES string of the molecule is Cc1ccc(C23CC2CCC3N)cc1. The highest BCUT2D eigenvalue weighted by Gasteiger charge is 2.62. The number of hydrogen-bond donors (Lipinski definition) is 1. The van der Waals surface area contributed by atoms with Gasteiger partial charge in [-0.15, -0.1) is 0 Å². The molecule has 0 spiro atoms. The van der Waals surface area contributed by atoms with Gasteiger partial charge in [-0.25, -0.2) is 0 Å². The summed E-state index contributed by atoms with van der Waals surface area (Å²) in [6, 6.07) is 9.39. The Kier molecular flexibility index (Phi) is 1.58. The van der Waals surface area contributed by atoms with Gasteiger partial charge in [0.2, 0.25) is 0 Å². The van der Waals surface area contributed by atoms with Gasteiger partial charge in [-0.3, -0.25) is 0 Å². The first kappa shape index (κ1) is 8.49. The van der Waals surface area contributed by atoms with Crippen molar-refractivity contribution in [2.75, 3.05) is 0 Å². The van der Waals surface area contributed by atoms with Gasteiger partial charge < -0.3 is 5.73 Å². The Morgan fingerprint density at radius 1 is 1.21 bits per heavy atom. The summed E-state index contributed by atoms with van der Waals surface area (Å²) in [7, 11) is 0. The minimum Gasteiger partial charge on any atom is -0.327 e. The summed E-state index contributed by atoms with van der Waals surface area (Å²) in [5, 5.41) is 0. The fourth-order valence-electron chi connectivity index (χ4n) is 3.23. The fraction of sp³-hybridized carbons (Fsp3) is 0.538. The monoisotopic (exact) mass is 187 g/mol. The highest BCUT2D eigenvalue weighted by Crippen LogP contribution is 2.63. The van der Waals surface area contributed by atoms with E-state index in [9.17, 15) is 0 Å². The second-order valence-corrected chi connectivity index (χ2v) is 4.99. The quantitative estimate of drug-likeness (QED) is 0.717. The van der Waals surface area contributed by atoms with Gasteiger partial charge in [-0.1, -0.05) is 29.8 Å². The lowest BCUT2D eigenvalue weighted by Gasteiger charge is -2.19. The van der Waals surface area contributed by atoms with Crippen molar-refractivity contribution in [3.8, 4) is 0 Å². The summed E-state index contributed by atoms with van der Waals surface area (Å²) in [4.78, 5) is 0. The van der Waals surface area contributed by atoms with Gasteiger partial charge >= 0.3 is 0 Å². The van der Waals surface area contributed by atoms with E-state index in [1.165, 1.54) is 30.4 Å². The lowest BCUT2D eigenvalue weighted by molar-refractivity contribution is 0.544. The Labute approximate surface area is 85.3 Å². The van der Waals surface area contributed by atoms with Crippen molar-refractivity contribution in [3.05, 3.63) is 35.4 Å². The van der Waals surface area contributed by atoms with E-state index in [0.29, 0.717) is 11.5 Å². The molecule has 1 nitrogen and oxygen atoms in total. The number of aryl methyl sites for hydroxylation is 1. The Morgan fingerprint density at radius 2 is 1.93 bits per heavy atom. The molecule has 3 atom stereocenters. The third-order valence-corrected chi connectivity index (χ3v) is 4.23. The van der Waals surface area contributed by atoms with Crippen LogP contribution in [-0.2, 0) is 5.41 Å². The zero-order valence-corrected chi connectivity index (χ0v) is 8.66. The first-order valence-corrected chi connectivity index (χ1v) is 5.56. The molecule has 2 fully saturated rings. The molecule has 0 heterocycles. The van der Waals surface area contributed by atoms with Crippen LogP contribution >= 0.6 is 0 Å². The highest BCUT2D eigenvalue weighted by atomic mass is 14.8. The Morgan fingerprint density at radius 3 is 2.43 bits per heavy atom. The van der Waals surface area contributed by atoms with E-state index in [2.05, 4.69) is 31.2 Å². The molecule has 0 aliphatic heterocycles. The Balaban J connectivity index is 2.00. The Hall–Kier alpha value is -0.820. The van der Waals surface area contributed by atoms with Crippen molar-refractivity contribution in [2.45, 2.75) is 37.6 Å². The normalized spacial score (nSPS) is 39.6. The lowest BCUT2D eigenvalue weighted by Crippen LogP contribution is -2.32. The molecule has 2 saturated carbocycles. The molecule has 3 unspecified atom stereocenters. The third kappa shape index (κ3) is 0.936.